The number of fused-ring (bicyclic) bond motifs is 1. The van der Waals surface area contributed by atoms with E-state index in [1.165, 1.54) is 0 Å². The van der Waals surface area contributed by atoms with E-state index in [1.807, 2.05) is 49.5 Å². The van der Waals surface area contributed by atoms with E-state index in [0.29, 0.717) is 0 Å². The predicted octanol–water partition coefficient (Wildman–Crippen LogP) is 3.24. The summed E-state index contributed by atoms with van der Waals surface area (Å²) in [6, 6.07) is 16.0. The Balaban J connectivity index is 1.86. The van der Waals surface area contributed by atoms with E-state index in [0.717, 1.165) is 28.1 Å². The van der Waals surface area contributed by atoms with E-state index >= 15 is 0 Å². The second kappa shape index (κ2) is 5.58. The number of aliphatic hydroxyl groups excluding tert-OH is 1. The van der Waals surface area contributed by atoms with Crippen LogP contribution >= 0.6 is 0 Å². The molecule has 3 rings (SSSR count). The number of aromatic nitrogens is 2. The monoisotopic (exact) mass is 281 g/mol. The van der Waals surface area contributed by atoms with E-state index in [1.54, 1.807) is 0 Å². The van der Waals surface area contributed by atoms with Crippen LogP contribution in [0.25, 0.3) is 11.0 Å². The number of nitrogens with one attached hydrogen (secondary N) is 1. The second-order valence-electron chi connectivity index (χ2n) is 5.24. The van der Waals surface area contributed by atoms with Crippen LogP contribution in [0.2, 0.25) is 0 Å². The molecular weight excluding hydrogens is 262 g/mol. The first-order chi connectivity index (χ1) is 10.2. The average Bonchev–Trinajstić information content (AvgIpc) is 2.86. The first-order valence-electron chi connectivity index (χ1n) is 7.06. The molecule has 4 nitrogen and oxygen atoms in total. The number of hydrogen-bond donors (Lipinski definition) is 2. The highest BCUT2D eigenvalue weighted by molar-refractivity contribution is 5.76. The number of rotatable bonds is 4. The lowest BCUT2D eigenvalue weighted by Gasteiger charge is -2.15. The van der Waals surface area contributed by atoms with Gasteiger partial charge in [-0.25, -0.2) is 4.98 Å². The summed E-state index contributed by atoms with van der Waals surface area (Å²) in [6.45, 7) is 2.17. The third kappa shape index (κ3) is 2.62. The number of aliphatic hydroxyl groups is 1. The van der Waals surface area contributed by atoms with Crippen LogP contribution in [0.5, 0.6) is 0 Å². The quantitative estimate of drug-likeness (QED) is 0.772. The maximum Gasteiger partial charge on any atom is 0.131 e. The van der Waals surface area contributed by atoms with E-state index in [-0.39, 0.29) is 12.6 Å². The van der Waals surface area contributed by atoms with Crippen LogP contribution in [0, 0.1) is 0 Å². The highest BCUT2D eigenvalue weighted by Gasteiger charge is 2.13. The van der Waals surface area contributed by atoms with E-state index in [2.05, 4.69) is 22.9 Å². The summed E-state index contributed by atoms with van der Waals surface area (Å²) >= 11 is 0. The number of aryl methyl sites for hydroxylation is 1. The molecule has 0 saturated carbocycles. The van der Waals surface area contributed by atoms with Crippen molar-refractivity contribution in [3.8, 4) is 0 Å². The van der Waals surface area contributed by atoms with Gasteiger partial charge in [0.15, 0.2) is 0 Å². The van der Waals surface area contributed by atoms with Gasteiger partial charge < -0.3 is 15.0 Å². The third-order valence-electron chi connectivity index (χ3n) is 3.73. The van der Waals surface area contributed by atoms with Crippen LogP contribution in [0.3, 0.4) is 0 Å². The molecule has 2 aromatic carbocycles. The summed E-state index contributed by atoms with van der Waals surface area (Å²) in [5, 5.41) is 12.5. The maximum absolute atomic E-state index is 9.07. The SMILES string of the molecule is CC(Nc1ccc(CO)cc1)c1nc2ccccc2n1C. The van der Waals surface area contributed by atoms with Crippen molar-refractivity contribution in [3.63, 3.8) is 0 Å². The summed E-state index contributed by atoms with van der Waals surface area (Å²) in [5.74, 6) is 1.00. The highest BCUT2D eigenvalue weighted by Crippen LogP contribution is 2.22. The number of nitrogens with zero attached hydrogens (tertiary/aromatic N) is 2. The molecule has 0 aliphatic rings. The minimum absolute atomic E-state index is 0.0700. The molecule has 3 aromatic rings. The van der Waals surface area contributed by atoms with Gasteiger partial charge in [-0.3, -0.25) is 0 Å². The zero-order chi connectivity index (χ0) is 14.8. The van der Waals surface area contributed by atoms with E-state index < -0.39 is 0 Å². The van der Waals surface area contributed by atoms with Crippen LogP contribution in [0.15, 0.2) is 48.5 Å². The largest absolute Gasteiger partial charge is 0.392 e. The molecule has 0 fully saturated rings. The summed E-state index contributed by atoms with van der Waals surface area (Å²) in [6.07, 6.45) is 0. The van der Waals surface area contributed by atoms with Crippen molar-refractivity contribution >= 4 is 16.7 Å². The Kier molecular flexibility index (Phi) is 3.62. The molecule has 0 aliphatic heterocycles. The van der Waals surface area contributed by atoms with Crippen molar-refractivity contribution in [2.24, 2.45) is 7.05 Å². The fourth-order valence-corrected chi connectivity index (χ4v) is 2.57. The van der Waals surface area contributed by atoms with Gasteiger partial charge in [0.1, 0.15) is 5.82 Å². The van der Waals surface area contributed by atoms with Gasteiger partial charge in [0, 0.05) is 12.7 Å². The van der Waals surface area contributed by atoms with Crippen molar-refractivity contribution in [3.05, 3.63) is 59.9 Å². The third-order valence-corrected chi connectivity index (χ3v) is 3.73. The van der Waals surface area contributed by atoms with Crippen molar-refractivity contribution in [1.29, 1.82) is 0 Å². The first kappa shape index (κ1) is 13.6. The average molecular weight is 281 g/mol. The summed E-state index contributed by atoms with van der Waals surface area (Å²) in [4.78, 5) is 4.70. The normalized spacial score (nSPS) is 12.5. The van der Waals surface area contributed by atoms with Crippen LogP contribution in [0.1, 0.15) is 24.4 Å². The molecule has 0 radical (unpaired) electrons. The lowest BCUT2D eigenvalue weighted by atomic mass is 10.2. The number of hydrogen-bond acceptors (Lipinski definition) is 3. The van der Waals surface area contributed by atoms with Gasteiger partial charge in [-0.2, -0.15) is 0 Å². The van der Waals surface area contributed by atoms with Crippen LogP contribution in [-0.2, 0) is 13.7 Å². The van der Waals surface area contributed by atoms with Crippen LogP contribution in [0.4, 0.5) is 5.69 Å². The minimum atomic E-state index is 0.0700. The second-order valence-corrected chi connectivity index (χ2v) is 5.24. The van der Waals surface area contributed by atoms with Crippen molar-refractivity contribution < 1.29 is 5.11 Å². The van der Waals surface area contributed by atoms with Crippen molar-refractivity contribution in [1.82, 2.24) is 9.55 Å². The molecule has 1 unspecified atom stereocenters. The molecule has 1 aromatic heterocycles. The molecule has 0 saturated heterocycles. The fourth-order valence-electron chi connectivity index (χ4n) is 2.57. The number of benzene rings is 2. The smallest absolute Gasteiger partial charge is 0.131 e. The van der Waals surface area contributed by atoms with Gasteiger partial charge in [0.05, 0.1) is 23.7 Å². The lowest BCUT2D eigenvalue weighted by Crippen LogP contribution is -2.12. The molecule has 1 heterocycles. The Morgan fingerprint density at radius 2 is 1.86 bits per heavy atom. The van der Waals surface area contributed by atoms with E-state index in [4.69, 9.17) is 10.1 Å². The standard InChI is InChI=1S/C17H19N3O/c1-12(18-14-9-7-13(11-21)8-10-14)17-19-15-5-3-4-6-16(15)20(17)2/h3-10,12,18,21H,11H2,1-2H3. The lowest BCUT2D eigenvalue weighted by molar-refractivity contribution is 0.282. The molecule has 108 valence electrons. The van der Waals surface area contributed by atoms with Crippen LogP contribution in [-0.4, -0.2) is 14.7 Å². The van der Waals surface area contributed by atoms with Crippen molar-refractivity contribution in [2.45, 2.75) is 19.6 Å². The molecule has 0 bridgehead atoms. The zero-order valence-corrected chi connectivity index (χ0v) is 12.2. The number of para-hydroxylation sites is 2. The molecule has 0 aliphatic carbocycles. The Morgan fingerprint density at radius 1 is 1.14 bits per heavy atom. The number of anilines is 1. The molecule has 0 spiro atoms. The van der Waals surface area contributed by atoms with Gasteiger partial charge in [-0.05, 0) is 36.8 Å². The highest BCUT2D eigenvalue weighted by atomic mass is 16.3. The molecule has 21 heavy (non-hydrogen) atoms. The summed E-state index contributed by atoms with van der Waals surface area (Å²) in [5.41, 5.74) is 4.08. The van der Waals surface area contributed by atoms with Crippen molar-refractivity contribution in [2.75, 3.05) is 5.32 Å². The van der Waals surface area contributed by atoms with Gasteiger partial charge in [-0.1, -0.05) is 24.3 Å². The molecule has 4 heteroatoms. The number of imidazole rings is 1. The van der Waals surface area contributed by atoms with Gasteiger partial charge in [-0.15, -0.1) is 0 Å². The summed E-state index contributed by atoms with van der Waals surface area (Å²) in [7, 11) is 2.04. The first-order valence-corrected chi connectivity index (χ1v) is 7.06. The van der Waals surface area contributed by atoms with E-state index in [9.17, 15) is 0 Å². The van der Waals surface area contributed by atoms with Gasteiger partial charge in [0.2, 0.25) is 0 Å². The molecule has 1 atom stereocenters. The molecule has 0 amide bonds. The molecule has 2 N–H and O–H groups in total. The molecular formula is C17H19N3O. The Hall–Kier alpha value is -2.33. The zero-order valence-electron chi connectivity index (χ0n) is 12.2. The Bertz CT molecular complexity index is 746. The van der Waals surface area contributed by atoms with Crippen LogP contribution < -0.4 is 5.32 Å². The van der Waals surface area contributed by atoms with Gasteiger partial charge in [0.25, 0.3) is 0 Å². The topological polar surface area (TPSA) is 50.1 Å². The predicted molar refractivity (Wildman–Crippen MR) is 85.1 cm³/mol. The minimum Gasteiger partial charge on any atom is -0.392 e. The maximum atomic E-state index is 9.07. The Labute approximate surface area is 124 Å². The Morgan fingerprint density at radius 3 is 2.52 bits per heavy atom. The summed E-state index contributed by atoms with van der Waals surface area (Å²) < 4.78 is 2.12. The fraction of sp³-hybridized carbons (Fsp3) is 0.235. The van der Waals surface area contributed by atoms with Gasteiger partial charge >= 0.3 is 0 Å².